The van der Waals surface area contributed by atoms with Crippen molar-refractivity contribution in [3.8, 4) is 0 Å². The minimum absolute atomic E-state index is 0.559. The lowest BCUT2D eigenvalue weighted by Crippen LogP contribution is -2.28. The number of rotatable bonds is 7. The highest BCUT2D eigenvalue weighted by Crippen LogP contribution is 2.15. The Kier molecular flexibility index (Phi) is 6.46. The van der Waals surface area contributed by atoms with Crippen LogP contribution in [0.3, 0.4) is 0 Å². The van der Waals surface area contributed by atoms with E-state index in [9.17, 15) is 0 Å². The largest absolute Gasteiger partial charge is 0.375 e. The fourth-order valence-electron chi connectivity index (χ4n) is 1.32. The molecule has 0 heterocycles. The van der Waals surface area contributed by atoms with Crippen LogP contribution in [0.2, 0.25) is 5.02 Å². The summed E-state index contributed by atoms with van der Waals surface area (Å²) in [7, 11) is 0. The van der Waals surface area contributed by atoms with E-state index >= 15 is 0 Å². The number of benzene rings is 1. The molecule has 0 fully saturated rings. The Hall–Kier alpha value is -0.570. The first-order valence-corrected chi connectivity index (χ1v) is 6.16. The number of halogens is 1. The molecule has 0 saturated carbocycles. The molecule has 0 spiro atoms. The zero-order valence-corrected chi connectivity index (χ0v) is 10.8. The van der Waals surface area contributed by atoms with Crippen LogP contribution in [-0.2, 0) is 11.3 Å². The molecule has 0 bridgehead atoms. The maximum absolute atomic E-state index is 6.01. The van der Waals surface area contributed by atoms with Crippen LogP contribution in [-0.4, -0.2) is 19.2 Å². The fourth-order valence-corrected chi connectivity index (χ4v) is 1.51. The van der Waals surface area contributed by atoms with E-state index in [1.165, 1.54) is 0 Å². The van der Waals surface area contributed by atoms with Gasteiger partial charge >= 0.3 is 0 Å². The van der Waals surface area contributed by atoms with E-state index in [1.807, 2.05) is 24.3 Å². The summed E-state index contributed by atoms with van der Waals surface area (Å²) >= 11 is 6.01. The summed E-state index contributed by atoms with van der Waals surface area (Å²) < 4.78 is 5.55. The summed E-state index contributed by atoms with van der Waals surface area (Å²) in [5, 5.41) is 4.15. The molecule has 0 amide bonds. The summed E-state index contributed by atoms with van der Waals surface area (Å²) in [6.45, 7) is 6.53. The molecule has 1 rings (SSSR count). The lowest BCUT2D eigenvalue weighted by molar-refractivity contribution is 0.121. The standard InChI is InChI=1S/C13H20ClNO/c1-3-11(2)15-8-9-16-10-12-6-4-5-7-13(12)14/h4-7,11,15H,3,8-10H2,1-2H3. The van der Waals surface area contributed by atoms with Crippen LogP contribution in [0.4, 0.5) is 0 Å². The van der Waals surface area contributed by atoms with E-state index < -0.39 is 0 Å². The Balaban J connectivity index is 2.14. The molecule has 0 aliphatic carbocycles. The van der Waals surface area contributed by atoms with Gasteiger partial charge in [0.25, 0.3) is 0 Å². The van der Waals surface area contributed by atoms with Gasteiger partial charge in [0.1, 0.15) is 0 Å². The lowest BCUT2D eigenvalue weighted by atomic mass is 10.2. The van der Waals surface area contributed by atoms with E-state index in [1.54, 1.807) is 0 Å². The van der Waals surface area contributed by atoms with Crippen LogP contribution >= 0.6 is 11.6 Å². The molecular weight excluding hydrogens is 222 g/mol. The molecule has 0 radical (unpaired) electrons. The zero-order chi connectivity index (χ0) is 11.8. The van der Waals surface area contributed by atoms with Crippen molar-refractivity contribution in [2.45, 2.75) is 32.9 Å². The van der Waals surface area contributed by atoms with E-state index in [-0.39, 0.29) is 0 Å². The summed E-state index contributed by atoms with van der Waals surface area (Å²) in [5.74, 6) is 0. The predicted molar refractivity (Wildman–Crippen MR) is 68.9 cm³/mol. The molecule has 0 aliphatic heterocycles. The number of nitrogens with one attached hydrogen (secondary N) is 1. The van der Waals surface area contributed by atoms with E-state index in [0.29, 0.717) is 12.6 Å². The molecule has 1 N–H and O–H groups in total. The van der Waals surface area contributed by atoms with Gasteiger partial charge in [0.05, 0.1) is 13.2 Å². The molecule has 1 aromatic carbocycles. The Morgan fingerprint density at radius 3 is 2.81 bits per heavy atom. The molecule has 1 unspecified atom stereocenters. The minimum Gasteiger partial charge on any atom is -0.375 e. The van der Waals surface area contributed by atoms with Crippen molar-refractivity contribution in [1.82, 2.24) is 5.32 Å². The van der Waals surface area contributed by atoms with Crippen LogP contribution in [0.5, 0.6) is 0 Å². The third-order valence-corrected chi connectivity index (χ3v) is 2.94. The lowest BCUT2D eigenvalue weighted by Gasteiger charge is -2.11. The Labute approximate surface area is 103 Å². The Morgan fingerprint density at radius 1 is 1.38 bits per heavy atom. The van der Waals surface area contributed by atoms with Crippen LogP contribution in [0.25, 0.3) is 0 Å². The molecule has 0 saturated heterocycles. The summed E-state index contributed by atoms with van der Waals surface area (Å²) in [5.41, 5.74) is 1.05. The monoisotopic (exact) mass is 241 g/mol. The minimum atomic E-state index is 0.559. The smallest absolute Gasteiger partial charge is 0.0731 e. The highest BCUT2D eigenvalue weighted by molar-refractivity contribution is 6.31. The van der Waals surface area contributed by atoms with Crippen molar-refractivity contribution in [1.29, 1.82) is 0 Å². The van der Waals surface area contributed by atoms with Crippen LogP contribution in [0.15, 0.2) is 24.3 Å². The first kappa shape index (κ1) is 13.5. The van der Waals surface area contributed by atoms with Gasteiger partial charge in [0.2, 0.25) is 0 Å². The van der Waals surface area contributed by atoms with Crippen LogP contribution in [0, 0.1) is 0 Å². The van der Waals surface area contributed by atoms with Gasteiger partial charge in [-0.3, -0.25) is 0 Å². The van der Waals surface area contributed by atoms with Gasteiger partial charge < -0.3 is 10.1 Å². The summed E-state index contributed by atoms with van der Waals surface area (Å²) in [6.07, 6.45) is 1.14. The van der Waals surface area contributed by atoms with Gasteiger partial charge in [-0.2, -0.15) is 0 Å². The Bertz CT molecular complexity index is 304. The Morgan fingerprint density at radius 2 is 2.12 bits per heavy atom. The predicted octanol–water partition coefficient (Wildman–Crippen LogP) is 3.24. The second kappa shape index (κ2) is 7.66. The van der Waals surface area contributed by atoms with Crippen molar-refractivity contribution in [3.63, 3.8) is 0 Å². The quantitative estimate of drug-likeness (QED) is 0.740. The highest BCUT2D eigenvalue weighted by Gasteiger charge is 1.99. The van der Waals surface area contributed by atoms with E-state index in [2.05, 4.69) is 19.2 Å². The number of ether oxygens (including phenoxy) is 1. The van der Waals surface area contributed by atoms with Gasteiger partial charge in [0, 0.05) is 17.6 Å². The summed E-state index contributed by atoms with van der Waals surface area (Å²) in [6, 6.07) is 8.34. The van der Waals surface area contributed by atoms with Gasteiger partial charge in [-0.15, -0.1) is 0 Å². The molecule has 16 heavy (non-hydrogen) atoms. The number of hydrogen-bond donors (Lipinski definition) is 1. The highest BCUT2D eigenvalue weighted by atomic mass is 35.5. The maximum Gasteiger partial charge on any atom is 0.0731 e. The molecule has 0 aliphatic rings. The molecule has 2 nitrogen and oxygen atoms in total. The van der Waals surface area contributed by atoms with Crippen molar-refractivity contribution < 1.29 is 4.74 Å². The average molecular weight is 242 g/mol. The molecular formula is C13H20ClNO. The first-order valence-electron chi connectivity index (χ1n) is 5.78. The van der Waals surface area contributed by atoms with E-state index in [0.717, 1.165) is 30.2 Å². The third kappa shape index (κ3) is 4.97. The molecule has 1 aromatic rings. The maximum atomic E-state index is 6.01. The van der Waals surface area contributed by atoms with Crippen LogP contribution < -0.4 is 5.32 Å². The second-order valence-electron chi connectivity index (χ2n) is 3.91. The van der Waals surface area contributed by atoms with Gasteiger partial charge in [-0.1, -0.05) is 36.7 Å². The van der Waals surface area contributed by atoms with Crippen molar-refractivity contribution in [2.75, 3.05) is 13.2 Å². The van der Waals surface area contributed by atoms with Crippen molar-refractivity contribution >= 4 is 11.6 Å². The third-order valence-electron chi connectivity index (χ3n) is 2.57. The van der Waals surface area contributed by atoms with Gasteiger partial charge in [-0.25, -0.2) is 0 Å². The summed E-state index contributed by atoms with van der Waals surface area (Å²) in [4.78, 5) is 0. The molecule has 1 atom stereocenters. The topological polar surface area (TPSA) is 21.3 Å². The molecule has 3 heteroatoms. The van der Waals surface area contributed by atoms with Crippen molar-refractivity contribution in [3.05, 3.63) is 34.9 Å². The van der Waals surface area contributed by atoms with Crippen LogP contribution in [0.1, 0.15) is 25.8 Å². The normalized spacial score (nSPS) is 12.7. The van der Waals surface area contributed by atoms with E-state index in [4.69, 9.17) is 16.3 Å². The van der Waals surface area contributed by atoms with Crippen molar-refractivity contribution in [2.24, 2.45) is 0 Å². The van der Waals surface area contributed by atoms with Gasteiger partial charge in [0.15, 0.2) is 0 Å². The fraction of sp³-hybridized carbons (Fsp3) is 0.538. The number of hydrogen-bond acceptors (Lipinski definition) is 2. The average Bonchev–Trinajstić information content (AvgIpc) is 2.30. The molecule has 90 valence electrons. The zero-order valence-electron chi connectivity index (χ0n) is 10.0. The van der Waals surface area contributed by atoms with Gasteiger partial charge in [-0.05, 0) is 25.0 Å². The molecule has 0 aromatic heterocycles. The second-order valence-corrected chi connectivity index (χ2v) is 4.31. The SMILES string of the molecule is CCC(C)NCCOCc1ccccc1Cl. The first-order chi connectivity index (χ1) is 7.74.